The maximum atomic E-state index is 11.0. The molecule has 0 spiro atoms. The summed E-state index contributed by atoms with van der Waals surface area (Å²) in [5.41, 5.74) is 0.990. The van der Waals surface area contributed by atoms with E-state index < -0.39 is 5.97 Å². The Kier molecular flexibility index (Phi) is 6.46. The molecule has 1 fully saturated rings. The van der Waals surface area contributed by atoms with Crippen molar-refractivity contribution in [3.8, 4) is 5.75 Å². The summed E-state index contributed by atoms with van der Waals surface area (Å²) in [5.74, 6) is -0.122. The Labute approximate surface area is 131 Å². The molecular formula is C18H24O4. The van der Waals surface area contributed by atoms with Crippen molar-refractivity contribution in [2.24, 2.45) is 0 Å². The van der Waals surface area contributed by atoms with Crippen molar-refractivity contribution < 1.29 is 19.4 Å². The first-order chi connectivity index (χ1) is 10.7. The zero-order valence-corrected chi connectivity index (χ0v) is 13.0. The molecule has 2 atom stereocenters. The van der Waals surface area contributed by atoms with Gasteiger partial charge >= 0.3 is 5.97 Å². The number of carboxylic acids is 1. The van der Waals surface area contributed by atoms with Crippen molar-refractivity contribution in [3.63, 3.8) is 0 Å². The van der Waals surface area contributed by atoms with Gasteiger partial charge in [0, 0.05) is 12.3 Å². The Morgan fingerprint density at radius 1 is 1.41 bits per heavy atom. The molecule has 4 heteroatoms. The van der Waals surface area contributed by atoms with Gasteiger partial charge in [-0.3, -0.25) is 4.79 Å². The van der Waals surface area contributed by atoms with Gasteiger partial charge in [-0.1, -0.05) is 31.2 Å². The maximum Gasteiger partial charge on any atom is 0.304 e. The Balaban J connectivity index is 2.01. The number of benzene rings is 1. The molecule has 1 heterocycles. The van der Waals surface area contributed by atoms with Gasteiger partial charge < -0.3 is 14.6 Å². The van der Waals surface area contributed by atoms with Crippen LogP contribution in [0, 0.1) is 0 Å². The molecule has 0 saturated carbocycles. The molecule has 0 amide bonds. The van der Waals surface area contributed by atoms with Crippen LogP contribution in [0.1, 0.15) is 50.5 Å². The quantitative estimate of drug-likeness (QED) is 0.770. The predicted octanol–water partition coefficient (Wildman–Crippen LogP) is 4.12. The summed E-state index contributed by atoms with van der Waals surface area (Å²) >= 11 is 0. The third-order valence-electron chi connectivity index (χ3n) is 3.71. The molecule has 1 aromatic carbocycles. The fraction of sp³-hybridized carbons (Fsp3) is 0.500. The van der Waals surface area contributed by atoms with Gasteiger partial charge in [0.2, 0.25) is 0 Å². The van der Waals surface area contributed by atoms with Crippen LogP contribution in [0.15, 0.2) is 36.4 Å². The summed E-state index contributed by atoms with van der Waals surface area (Å²) in [4.78, 5) is 11.0. The van der Waals surface area contributed by atoms with E-state index in [2.05, 4.69) is 0 Å². The molecule has 1 unspecified atom stereocenters. The third kappa shape index (κ3) is 5.19. The minimum Gasteiger partial charge on any atom is -0.481 e. The van der Waals surface area contributed by atoms with Crippen LogP contribution in [0.4, 0.5) is 0 Å². The molecule has 1 N–H and O–H groups in total. The molecule has 4 nitrogen and oxygen atoms in total. The molecule has 1 aliphatic rings. The highest BCUT2D eigenvalue weighted by molar-refractivity contribution is 5.68. The van der Waals surface area contributed by atoms with Crippen LogP contribution in [0.25, 0.3) is 0 Å². The van der Waals surface area contributed by atoms with Crippen molar-refractivity contribution in [1.29, 1.82) is 0 Å². The second-order valence-electron chi connectivity index (χ2n) is 5.52. The van der Waals surface area contributed by atoms with Crippen molar-refractivity contribution >= 4 is 5.97 Å². The number of ether oxygens (including phenoxy) is 2. The molecule has 22 heavy (non-hydrogen) atoms. The summed E-state index contributed by atoms with van der Waals surface area (Å²) in [6.45, 7) is 2.79. The first-order valence-electron chi connectivity index (χ1n) is 7.95. The lowest BCUT2D eigenvalue weighted by Crippen LogP contribution is -2.24. The van der Waals surface area contributed by atoms with E-state index in [1.807, 2.05) is 43.3 Å². The van der Waals surface area contributed by atoms with Crippen LogP contribution in [-0.2, 0) is 9.53 Å². The molecule has 120 valence electrons. The largest absolute Gasteiger partial charge is 0.481 e. The van der Waals surface area contributed by atoms with Gasteiger partial charge in [-0.15, -0.1) is 0 Å². The van der Waals surface area contributed by atoms with E-state index in [0.717, 1.165) is 43.6 Å². The molecule has 2 rings (SSSR count). The summed E-state index contributed by atoms with van der Waals surface area (Å²) in [5, 5.41) is 9.04. The number of hydrogen-bond donors (Lipinski definition) is 1. The summed E-state index contributed by atoms with van der Waals surface area (Å²) in [7, 11) is 0. The Bertz CT molecular complexity index is 486. The number of aliphatic carboxylic acids is 1. The van der Waals surface area contributed by atoms with Crippen LogP contribution in [0.3, 0.4) is 0 Å². The topological polar surface area (TPSA) is 55.8 Å². The van der Waals surface area contributed by atoms with E-state index in [1.165, 1.54) is 0 Å². The van der Waals surface area contributed by atoms with Crippen molar-refractivity contribution in [1.82, 2.24) is 0 Å². The second kappa shape index (κ2) is 8.59. The van der Waals surface area contributed by atoms with Gasteiger partial charge in [0.25, 0.3) is 0 Å². The third-order valence-corrected chi connectivity index (χ3v) is 3.71. The molecule has 0 radical (unpaired) electrons. The first kappa shape index (κ1) is 16.6. The first-order valence-corrected chi connectivity index (χ1v) is 7.95. The SMILES string of the molecule is CC/C=C/[C@H](CC(=O)O)c1ccc(OC2CCCCO2)cc1. The molecule has 0 bridgehead atoms. The molecule has 0 aromatic heterocycles. The molecular weight excluding hydrogens is 280 g/mol. The second-order valence-corrected chi connectivity index (χ2v) is 5.52. The van der Waals surface area contributed by atoms with Crippen LogP contribution < -0.4 is 4.74 Å². The van der Waals surface area contributed by atoms with Crippen LogP contribution in [-0.4, -0.2) is 24.0 Å². The Morgan fingerprint density at radius 3 is 2.77 bits per heavy atom. The zero-order chi connectivity index (χ0) is 15.8. The van der Waals surface area contributed by atoms with E-state index in [1.54, 1.807) is 0 Å². The van der Waals surface area contributed by atoms with E-state index in [0.29, 0.717) is 0 Å². The van der Waals surface area contributed by atoms with Gasteiger partial charge in [-0.05, 0) is 37.0 Å². The lowest BCUT2D eigenvalue weighted by Gasteiger charge is -2.23. The number of allylic oxidation sites excluding steroid dienone is 2. The number of carbonyl (C=O) groups is 1. The highest BCUT2D eigenvalue weighted by Crippen LogP contribution is 2.25. The number of carboxylic acid groups (broad SMARTS) is 1. The van der Waals surface area contributed by atoms with E-state index in [-0.39, 0.29) is 18.6 Å². The number of hydrogen-bond acceptors (Lipinski definition) is 3. The highest BCUT2D eigenvalue weighted by atomic mass is 16.7. The van der Waals surface area contributed by atoms with E-state index >= 15 is 0 Å². The standard InChI is InChI=1S/C18H24O4/c1-2-3-6-15(13-17(19)20)14-8-10-16(11-9-14)22-18-7-4-5-12-21-18/h3,6,8-11,15,18H,2,4-5,7,12-13H2,1H3,(H,19,20)/b6-3+/t15-,18?/m1/s1. The fourth-order valence-electron chi connectivity index (χ4n) is 2.53. The predicted molar refractivity (Wildman–Crippen MR) is 85.1 cm³/mol. The van der Waals surface area contributed by atoms with Gasteiger partial charge in [0.05, 0.1) is 13.0 Å². The summed E-state index contributed by atoms with van der Waals surface area (Å²) in [6, 6.07) is 7.65. The Hall–Kier alpha value is -1.81. The molecule has 1 aliphatic heterocycles. The minimum absolute atomic E-state index is 0.0996. The molecule has 1 aromatic rings. The highest BCUT2D eigenvalue weighted by Gasteiger charge is 2.16. The van der Waals surface area contributed by atoms with Crippen molar-refractivity contribution in [2.45, 2.75) is 51.2 Å². The average molecular weight is 304 g/mol. The minimum atomic E-state index is -0.790. The smallest absolute Gasteiger partial charge is 0.304 e. The monoisotopic (exact) mass is 304 g/mol. The number of rotatable bonds is 7. The zero-order valence-electron chi connectivity index (χ0n) is 13.0. The van der Waals surface area contributed by atoms with Crippen LogP contribution in [0.2, 0.25) is 0 Å². The van der Waals surface area contributed by atoms with Crippen molar-refractivity contribution in [3.05, 3.63) is 42.0 Å². The average Bonchev–Trinajstić information content (AvgIpc) is 2.53. The lowest BCUT2D eigenvalue weighted by atomic mass is 9.95. The van der Waals surface area contributed by atoms with Gasteiger partial charge in [-0.2, -0.15) is 0 Å². The molecule has 0 aliphatic carbocycles. The fourth-order valence-corrected chi connectivity index (χ4v) is 2.53. The van der Waals surface area contributed by atoms with Crippen LogP contribution in [0.5, 0.6) is 5.75 Å². The van der Waals surface area contributed by atoms with E-state index in [4.69, 9.17) is 14.6 Å². The van der Waals surface area contributed by atoms with Gasteiger partial charge in [0.15, 0.2) is 6.29 Å². The van der Waals surface area contributed by atoms with Crippen molar-refractivity contribution in [2.75, 3.05) is 6.61 Å². The van der Waals surface area contributed by atoms with Gasteiger partial charge in [0.1, 0.15) is 5.75 Å². The van der Waals surface area contributed by atoms with Crippen LogP contribution >= 0.6 is 0 Å². The molecule has 1 saturated heterocycles. The normalized spacial score (nSPS) is 20.0. The summed E-state index contributed by atoms with van der Waals surface area (Å²) in [6.07, 6.45) is 7.96. The summed E-state index contributed by atoms with van der Waals surface area (Å²) < 4.78 is 11.3. The van der Waals surface area contributed by atoms with Gasteiger partial charge in [-0.25, -0.2) is 0 Å². The van der Waals surface area contributed by atoms with E-state index in [9.17, 15) is 4.79 Å². The maximum absolute atomic E-state index is 11.0. The Morgan fingerprint density at radius 2 is 2.18 bits per heavy atom. The lowest BCUT2D eigenvalue weighted by molar-refractivity contribution is -0.137.